The molecule has 0 radical (unpaired) electrons. The molecule has 3 atom stereocenters. The molecule has 21 heavy (non-hydrogen) atoms. The zero-order valence-corrected chi connectivity index (χ0v) is 13.3. The van der Waals surface area contributed by atoms with E-state index >= 15 is 0 Å². The molecule has 3 rings (SSSR count). The van der Waals surface area contributed by atoms with Crippen LogP contribution in [0.3, 0.4) is 0 Å². The molecule has 0 aromatic heterocycles. The summed E-state index contributed by atoms with van der Waals surface area (Å²) in [5.41, 5.74) is 0. The molecular formula is C15H20Cl2N2O2. The predicted molar refractivity (Wildman–Crippen MR) is 85.2 cm³/mol. The van der Waals surface area contributed by atoms with Gasteiger partial charge in [0.1, 0.15) is 5.75 Å². The molecule has 2 fully saturated rings. The molecule has 4 nitrogen and oxygen atoms in total. The maximum atomic E-state index is 11.9. The van der Waals surface area contributed by atoms with Crippen molar-refractivity contribution in [2.24, 2.45) is 11.8 Å². The second kappa shape index (κ2) is 7.34. The normalized spacial score (nSPS) is 26.8. The average Bonchev–Trinajstić information content (AvgIpc) is 2.99. The molecule has 1 aromatic rings. The van der Waals surface area contributed by atoms with Crippen molar-refractivity contribution in [3.63, 3.8) is 0 Å². The van der Waals surface area contributed by atoms with Crippen LogP contribution in [-0.2, 0) is 4.79 Å². The minimum Gasteiger partial charge on any atom is -0.484 e. The minimum absolute atomic E-state index is 0. The van der Waals surface area contributed by atoms with Crippen LogP contribution >= 0.6 is 24.0 Å². The van der Waals surface area contributed by atoms with E-state index < -0.39 is 0 Å². The maximum absolute atomic E-state index is 11.9. The summed E-state index contributed by atoms with van der Waals surface area (Å²) in [5, 5.41) is 7.13. The summed E-state index contributed by atoms with van der Waals surface area (Å²) in [6.45, 7) is 2.25. The Labute approximate surface area is 136 Å². The molecule has 0 unspecified atom stereocenters. The maximum Gasteiger partial charge on any atom is 0.258 e. The first-order valence-corrected chi connectivity index (χ1v) is 7.47. The SMILES string of the molecule is Cl.O=C(COc1ccc(Cl)cc1)N[C@@H]1C[C@H]2CNC[C@H]2C1. The lowest BCUT2D eigenvalue weighted by atomic mass is 10.0. The van der Waals surface area contributed by atoms with E-state index in [2.05, 4.69) is 10.6 Å². The van der Waals surface area contributed by atoms with Gasteiger partial charge in [0.2, 0.25) is 0 Å². The molecular weight excluding hydrogens is 311 g/mol. The fourth-order valence-electron chi connectivity index (χ4n) is 3.23. The molecule has 1 saturated heterocycles. The summed E-state index contributed by atoms with van der Waals surface area (Å²) in [4.78, 5) is 11.9. The van der Waals surface area contributed by atoms with Gasteiger partial charge in [0.05, 0.1) is 0 Å². The van der Waals surface area contributed by atoms with Crippen molar-refractivity contribution in [3.8, 4) is 5.75 Å². The second-order valence-electron chi connectivity index (χ2n) is 5.66. The highest BCUT2D eigenvalue weighted by Gasteiger charge is 2.37. The van der Waals surface area contributed by atoms with Crippen molar-refractivity contribution in [3.05, 3.63) is 29.3 Å². The van der Waals surface area contributed by atoms with Gasteiger partial charge in [-0.3, -0.25) is 4.79 Å². The molecule has 1 amide bonds. The van der Waals surface area contributed by atoms with Gasteiger partial charge in [-0.1, -0.05) is 11.6 Å². The van der Waals surface area contributed by atoms with Crippen LogP contribution in [0, 0.1) is 11.8 Å². The highest BCUT2D eigenvalue weighted by atomic mass is 35.5. The molecule has 1 aromatic carbocycles. The van der Waals surface area contributed by atoms with Gasteiger partial charge < -0.3 is 15.4 Å². The summed E-state index contributed by atoms with van der Waals surface area (Å²) >= 11 is 5.79. The first kappa shape index (κ1) is 16.4. The monoisotopic (exact) mass is 330 g/mol. The first-order chi connectivity index (χ1) is 9.70. The Balaban J connectivity index is 0.00000161. The van der Waals surface area contributed by atoms with E-state index in [1.807, 2.05) is 0 Å². The molecule has 0 bridgehead atoms. The predicted octanol–water partition coefficient (Wildman–Crippen LogP) is 2.25. The fraction of sp³-hybridized carbons (Fsp3) is 0.533. The van der Waals surface area contributed by atoms with E-state index in [9.17, 15) is 4.79 Å². The number of carbonyl (C=O) groups is 1. The Morgan fingerprint density at radius 1 is 1.24 bits per heavy atom. The molecule has 1 heterocycles. The molecule has 116 valence electrons. The third-order valence-corrected chi connectivity index (χ3v) is 4.45. The smallest absolute Gasteiger partial charge is 0.258 e. The number of fused-ring (bicyclic) bond motifs is 1. The van der Waals surface area contributed by atoms with Gasteiger partial charge in [-0.15, -0.1) is 12.4 Å². The van der Waals surface area contributed by atoms with E-state index in [4.69, 9.17) is 16.3 Å². The van der Waals surface area contributed by atoms with Gasteiger partial charge in [-0.05, 0) is 62.0 Å². The van der Waals surface area contributed by atoms with Gasteiger partial charge in [0, 0.05) is 11.1 Å². The van der Waals surface area contributed by atoms with Gasteiger partial charge >= 0.3 is 0 Å². The summed E-state index contributed by atoms with van der Waals surface area (Å²) in [6, 6.07) is 7.34. The van der Waals surface area contributed by atoms with Crippen molar-refractivity contribution in [1.29, 1.82) is 0 Å². The van der Waals surface area contributed by atoms with Crippen molar-refractivity contribution in [2.45, 2.75) is 18.9 Å². The molecule has 2 aliphatic rings. The van der Waals surface area contributed by atoms with Crippen LogP contribution in [0.4, 0.5) is 0 Å². The number of amides is 1. The second-order valence-corrected chi connectivity index (χ2v) is 6.09. The zero-order chi connectivity index (χ0) is 13.9. The lowest BCUT2D eigenvalue weighted by Gasteiger charge is -2.14. The summed E-state index contributed by atoms with van der Waals surface area (Å²) in [7, 11) is 0. The molecule has 1 saturated carbocycles. The highest BCUT2D eigenvalue weighted by Crippen LogP contribution is 2.34. The van der Waals surface area contributed by atoms with Crippen molar-refractivity contribution in [1.82, 2.24) is 10.6 Å². The molecule has 6 heteroatoms. The fourth-order valence-corrected chi connectivity index (χ4v) is 3.36. The van der Waals surface area contributed by atoms with Crippen LogP contribution < -0.4 is 15.4 Å². The Morgan fingerprint density at radius 3 is 2.48 bits per heavy atom. The number of carbonyl (C=O) groups excluding carboxylic acids is 1. The van der Waals surface area contributed by atoms with Crippen molar-refractivity contribution < 1.29 is 9.53 Å². The number of rotatable bonds is 4. The Morgan fingerprint density at radius 2 is 1.86 bits per heavy atom. The third kappa shape index (κ3) is 4.25. The lowest BCUT2D eigenvalue weighted by molar-refractivity contribution is -0.123. The molecule has 1 aliphatic heterocycles. The number of halogens is 2. The Hall–Kier alpha value is -0.970. The Kier molecular flexibility index (Phi) is 5.73. The van der Waals surface area contributed by atoms with Crippen molar-refractivity contribution in [2.75, 3.05) is 19.7 Å². The zero-order valence-electron chi connectivity index (χ0n) is 11.7. The van der Waals surface area contributed by atoms with Crippen LogP contribution in [0.5, 0.6) is 5.75 Å². The summed E-state index contributed by atoms with van der Waals surface area (Å²) in [5.74, 6) is 2.09. The molecule has 1 aliphatic carbocycles. The number of nitrogens with one attached hydrogen (secondary N) is 2. The number of hydrogen-bond donors (Lipinski definition) is 2. The molecule has 2 N–H and O–H groups in total. The van der Waals surface area contributed by atoms with Crippen LogP contribution in [0.25, 0.3) is 0 Å². The summed E-state index contributed by atoms with van der Waals surface area (Å²) < 4.78 is 5.44. The van der Waals surface area contributed by atoms with Crippen LogP contribution in [-0.4, -0.2) is 31.6 Å². The van der Waals surface area contributed by atoms with E-state index in [0.29, 0.717) is 16.8 Å². The van der Waals surface area contributed by atoms with Gasteiger partial charge in [-0.25, -0.2) is 0 Å². The standard InChI is InChI=1S/C15H19ClN2O2.ClH/c16-12-1-3-14(4-2-12)20-9-15(19)18-13-5-10-7-17-8-11(10)6-13;/h1-4,10-11,13,17H,5-9H2,(H,18,19);1H/t10-,11+,13+;. The highest BCUT2D eigenvalue weighted by molar-refractivity contribution is 6.30. The van der Waals surface area contributed by atoms with Crippen molar-refractivity contribution >= 4 is 29.9 Å². The quantitative estimate of drug-likeness (QED) is 0.890. The van der Waals surface area contributed by atoms with Crippen LogP contribution in [0.15, 0.2) is 24.3 Å². The van der Waals surface area contributed by atoms with Gasteiger partial charge in [-0.2, -0.15) is 0 Å². The van der Waals surface area contributed by atoms with Crippen LogP contribution in [0.1, 0.15) is 12.8 Å². The third-order valence-electron chi connectivity index (χ3n) is 4.20. The van der Waals surface area contributed by atoms with E-state index in [-0.39, 0.29) is 24.9 Å². The average molecular weight is 331 g/mol. The Bertz CT molecular complexity index is 469. The largest absolute Gasteiger partial charge is 0.484 e. The topological polar surface area (TPSA) is 50.4 Å². The van der Waals surface area contributed by atoms with Crippen LogP contribution in [0.2, 0.25) is 5.02 Å². The van der Waals surface area contributed by atoms with E-state index in [1.165, 1.54) is 0 Å². The van der Waals surface area contributed by atoms with Gasteiger partial charge in [0.25, 0.3) is 5.91 Å². The number of ether oxygens (including phenoxy) is 1. The number of hydrogen-bond acceptors (Lipinski definition) is 3. The lowest BCUT2D eigenvalue weighted by Crippen LogP contribution is -2.37. The molecule has 0 spiro atoms. The van der Waals surface area contributed by atoms with E-state index in [1.54, 1.807) is 24.3 Å². The van der Waals surface area contributed by atoms with Gasteiger partial charge in [0.15, 0.2) is 6.61 Å². The summed E-state index contributed by atoms with van der Waals surface area (Å²) in [6.07, 6.45) is 2.18. The number of benzene rings is 1. The minimum atomic E-state index is -0.0436. The first-order valence-electron chi connectivity index (χ1n) is 7.09. The van der Waals surface area contributed by atoms with E-state index in [0.717, 1.165) is 37.8 Å².